The summed E-state index contributed by atoms with van der Waals surface area (Å²) in [6.45, 7) is 0.721. The first kappa shape index (κ1) is 29.0. The molecule has 212 valence electrons. The smallest absolute Gasteiger partial charge is 0.419 e. The summed E-state index contributed by atoms with van der Waals surface area (Å²) >= 11 is 6.26. The Bertz CT molecular complexity index is 1390. The molecule has 0 aliphatic carbocycles. The lowest BCUT2D eigenvalue weighted by Gasteiger charge is -2.32. The number of esters is 1. The first-order chi connectivity index (χ1) is 19.1. The summed E-state index contributed by atoms with van der Waals surface area (Å²) in [4.78, 5) is 22.5. The Morgan fingerprint density at radius 3 is 2.40 bits per heavy atom. The van der Waals surface area contributed by atoms with Crippen LogP contribution in [0.5, 0.6) is 11.6 Å². The van der Waals surface area contributed by atoms with E-state index in [-0.39, 0.29) is 55.2 Å². The number of benzene rings is 2. The zero-order valence-corrected chi connectivity index (χ0v) is 22.3. The highest BCUT2D eigenvalue weighted by atomic mass is 35.5. The summed E-state index contributed by atoms with van der Waals surface area (Å²) in [5.74, 6) is -1.76. The van der Waals surface area contributed by atoms with E-state index in [4.69, 9.17) is 30.5 Å². The lowest BCUT2D eigenvalue weighted by Crippen LogP contribution is -2.37. The number of hydrogen-bond acceptors (Lipinski definition) is 9. The fraction of sp³-hybridized carbons (Fsp3) is 0.296. The molecule has 0 atom stereocenters. The molecule has 3 aromatic rings. The maximum Gasteiger partial charge on any atom is 0.419 e. The Balaban J connectivity index is 1.85. The van der Waals surface area contributed by atoms with Crippen molar-refractivity contribution in [2.75, 3.05) is 45.4 Å². The molecule has 1 fully saturated rings. The van der Waals surface area contributed by atoms with Crippen LogP contribution in [0.2, 0.25) is 5.02 Å². The number of anilines is 1. The zero-order chi connectivity index (χ0) is 28.9. The van der Waals surface area contributed by atoms with Gasteiger partial charge in [-0.3, -0.25) is 0 Å². The molecular weight excluding hydrogens is 555 g/mol. The summed E-state index contributed by atoms with van der Waals surface area (Å²) < 4.78 is 64.8. The van der Waals surface area contributed by atoms with E-state index in [0.717, 1.165) is 19.2 Å². The normalized spacial score (nSPS) is 14.4. The minimum absolute atomic E-state index is 0.0251. The zero-order valence-electron chi connectivity index (χ0n) is 21.5. The van der Waals surface area contributed by atoms with Gasteiger partial charge in [0.2, 0.25) is 5.88 Å². The number of rotatable bonds is 8. The number of nitrogens with zero attached hydrogens (tertiary/aromatic N) is 3. The van der Waals surface area contributed by atoms with Crippen LogP contribution in [0, 0.1) is 0 Å². The highest BCUT2D eigenvalue weighted by Crippen LogP contribution is 2.45. The molecule has 13 heteroatoms. The summed E-state index contributed by atoms with van der Waals surface area (Å²) in [6.07, 6.45) is -2.47. The van der Waals surface area contributed by atoms with Gasteiger partial charge in [0.25, 0.3) is 0 Å². The number of aromatic nitrogens is 2. The van der Waals surface area contributed by atoms with Crippen LogP contribution in [0.4, 0.5) is 18.9 Å². The second-order valence-corrected chi connectivity index (χ2v) is 8.94. The van der Waals surface area contributed by atoms with Crippen molar-refractivity contribution in [2.24, 2.45) is 0 Å². The van der Waals surface area contributed by atoms with Crippen molar-refractivity contribution in [3.8, 4) is 11.6 Å². The van der Waals surface area contributed by atoms with Crippen molar-refractivity contribution in [3.05, 3.63) is 76.2 Å². The molecule has 1 saturated heterocycles. The number of methoxy groups -OCH3 is 2. The second-order valence-electron chi connectivity index (χ2n) is 8.51. The monoisotopic (exact) mass is 579 g/mol. The van der Waals surface area contributed by atoms with E-state index in [9.17, 15) is 23.1 Å². The van der Waals surface area contributed by atoms with Crippen LogP contribution in [-0.2, 0) is 27.1 Å². The van der Waals surface area contributed by atoms with Crippen molar-refractivity contribution in [1.29, 1.82) is 0 Å². The molecule has 40 heavy (non-hydrogen) atoms. The van der Waals surface area contributed by atoms with Crippen molar-refractivity contribution >= 4 is 34.6 Å². The molecular formula is C27H25ClF3N3O6. The molecule has 1 aliphatic rings. The predicted octanol–water partition coefficient (Wildman–Crippen LogP) is 5.17. The largest absolute Gasteiger partial charge is 0.505 e. The fourth-order valence-corrected chi connectivity index (χ4v) is 4.38. The van der Waals surface area contributed by atoms with Crippen LogP contribution >= 0.6 is 11.6 Å². The number of ether oxygens (including phenoxy) is 4. The van der Waals surface area contributed by atoms with E-state index >= 15 is 0 Å². The molecule has 0 bridgehead atoms. The molecule has 1 aliphatic heterocycles. The Kier molecular flexibility index (Phi) is 9.00. The summed E-state index contributed by atoms with van der Waals surface area (Å²) in [7, 11) is 2.51. The fourth-order valence-electron chi connectivity index (χ4n) is 4.16. The van der Waals surface area contributed by atoms with Crippen LogP contribution in [0.3, 0.4) is 0 Å². The third kappa shape index (κ3) is 6.40. The van der Waals surface area contributed by atoms with Gasteiger partial charge in [-0.1, -0.05) is 23.7 Å². The Hall–Kier alpha value is -4.03. The lowest BCUT2D eigenvalue weighted by atomic mass is 9.95. The molecule has 0 saturated carbocycles. The molecule has 2 aromatic carbocycles. The first-order valence-corrected chi connectivity index (χ1v) is 12.3. The van der Waals surface area contributed by atoms with Gasteiger partial charge in [0.1, 0.15) is 17.9 Å². The quantitative estimate of drug-likeness (QED) is 0.220. The number of carbonyl (C=O) groups excluding carboxylic acids is 1. The van der Waals surface area contributed by atoms with E-state index in [0.29, 0.717) is 11.3 Å². The highest BCUT2D eigenvalue weighted by Gasteiger charge is 2.41. The maximum absolute atomic E-state index is 14.6. The summed E-state index contributed by atoms with van der Waals surface area (Å²) in [5.41, 5.74) is -2.58. The second kappa shape index (κ2) is 12.4. The average Bonchev–Trinajstić information content (AvgIpc) is 2.96. The molecule has 0 spiro atoms. The number of alkyl halides is 3. The molecule has 1 N–H and O–H groups in total. The van der Waals surface area contributed by atoms with Gasteiger partial charge in [-0.05, 0) is 29.8 Å². The number of aliphatic hydroxyl groups is 1. The van der Waals surface area contributed by atoms with Crippen molar-refractivity contribution in [1.82, 2.24) is 9.97 Å². The predicted molar refractivity (Wildman–Crippen MR) is 140 cm³/mol. The average molecular weight is 580 g/mol. The van der Waals surface area contributed by atoms with Crippen LogP contribution in [0.15, 0.2) is 48.8 Å². The number of carbonyl (C=O) groups is 1. The van der Waals surface area contributed by atoms with Gasteiger partial charge in [-0.15, -0.1) is 0 Å². The number of morpholine rings is 1. The standard InChI is InChI=1S/C27H25ClF3N3O6/c1-37-18-5-3-16(4-6-18)15-40-25-23(32-7-8-33-25)24(35)21(26(36)38-2)19-13-17(28)14-20(22(19)27(29,30)31)34-9-11-39-12-10-34/h3-8,13-14,35H,9-12,15H2,1-2H3/b24-21+. The lowest BCUT2D eigenvalue weighted by molar-refractivity contribution is -0.137. The van der Waals surface area contributed by atoms with Crippen LogP contribution in [0.1, 0.15) is 22.4 Å². The van der Waals surface area contributed by atoms with Gasteiger partial charge in [0.05, 0.1) is 38.7 Å². The van der Waals surface area contributed by atoms with Gasteiger partial charge in [-0.25, -0.2) is 14.8 Å². The maximum atomic E-state index is 14.6. The van der Waals surface area contributed by atoms with E-state index in [1.165, 1.54) is 24.4 Å². The summed E-state index contributed by atoms with van der Waals surface area (Å²) in [6, 6.07) is 9.01. The van der Waals surface area contributed by atoms with E-state index in [1.807, 2.05) is 0 Å². The first-order valence-electron chi connectivity index (χ1n) is 12.0. The molecule has 4 rings (SSSR count). The molecule has 2 heterocycles. The minimum atomic E-state index is -4.94. The van der Waals surface area contributed by atoms with Gasteiger partial charge in [0, 0.05) is 36.1 Å². The van der Waals surface area contributed by atoms with Crippen molar-refractivity contribution < 1.29 is 42.0 Å². The van der Waals surface area contributed by atoms with Crippen molar-refractivity contribution in [2.45, 2.75) is 12.8 Å². The molecule has 1 aromatic heterocycles. The van der Waals surface area contributed by atoms with Gasteiger partial charge >= 0.3 is 12.1 Å². The summed E-state index contributed by atoms with van der Waals surface area (Å²) in [5, 5.41) is 11.2. The number of hydrogen-bond donors (Lipinski definition) is 1. The highest BCUT2D eigenvalue weighted by molar-refractivity contribution is 6.32. The van der Waals surface area contributed by atoms with Crippen LogP contribution < -0.4 is 14.4 Å². The third-order valence-electron chi connectivity index (χ3n) is 6.04. The molecule has 9 nitrogen and oxygen atoms in total. The molecule has 0 unspecified atom stereocenters. The van der Waals surface area contributed by atoms with Gasteiger partial charge in [0.15, 0.2) is 11.5 Å². The Morgan fingerprint density at radius 1 is 1.10 bits per heavy atom. The van der Waals surface area contributed by atoms with Gasteiger partial charge < -0.3 is 29.0 Å². The van der Waals surface area contributed by atoms with E-state index in [2.05, 4.69) is 9.97 Å². The number of halogens is 4. The van der Waals surface area contributed by atoms with Crippen LogP contribution in [-0.4, -0.2) is 61.6 Å². The SMILES string of the molecule is COC(=O)/C(=C(/O)c1nccnc1OCc1ccc(OC)cc1)c1cc(Cl)cc(N2CCOCC2)c1C(F)(F)F. The van der Waals surface area contributed by atoms with Crippen LogP contribution in [0.25, 0.3) is 11.3 Å². The third-order valence-corrected chi connectivity index (χ3v) is 6.26. The van der Waals surface area contributed by atoms with Gasteiger partial charge in [-0.2, -0.15) is 13.2 Å². The van der Waals surface area contributed by atoms with E-state index < -0.39 is 34.6 Å². The minimum Gasteiger partial charge on any atom is -0.505 e. The Morgan fingerprint density at radius 2 is 1.77 bits per heavy atom. The van der Waals surface area contributed by atoms with Crippen molar-refractivity contribution in [3.63, 3.8) is 0 Å². The topological polar surface area (TPSA) is 103 Å². The van der Waals surface area contributed by atoms with E-state index in [1.54, 1.807) is 24.3 Å². The molecule has 0 radical (unpaired) electrons. The number of aliphatic hydroxyl groups excluding tert-OH is 1. The molecule has 0 amide bonds. The Labute approximate surface area is 232 Å².